The van der Waals surface area contributed by atoms with Crippen LogP contribution >= 0.6 is 0 Å². The monoisotopic (exact) mass is 195 g/mol. The number of carbonyl (C=O) groups is 1. The molecule has 0 aliphatic heterocycles. The molecule has 0 spiro atoms. The Labute approximate surface area is 84.3 Å². The fraction of sp³-hybridized carbons (Fsp3) is 0.545. The zero-order valence-electron chi connectivity index (χ0n) is 8.66. The van der Waals surface area contributed by atoms with Gasteiger partial charge in [-0.2, -0.15) is 0 Å². The molecule has 78 valence electrons. The molecule has 0 aromatic rings. The van der Waals surface area contributed by atoms with Gasteiger partial charge in [0.25, 0.3) is 0 Å². The van der Waals surface area contributed by atoms with Crippen molar-refractivity contribution in [3.05, 3.63) is 23.8 Å². The highest BCUT2D eigenvalue weighted by Gasteiger charge is 2.40. The van der Waals surface area contributed by atoms with Crippen LogP contribution in [0.1, 0.15) is 26.7 Å². The number of rotatable bonds is 3. The predicted molar refractivity (Wildman–Crippen MR) is 55.8 cm³/mol. The van der Waals surface area contributed by atoms with Crippen molar-refractivity contribution in [2.24, 2.45) is 11.1 Å². The molecule has 0 aromatic carbocycles. The highest BCUT2D eigenvalue weighted by Crippen LogP contribution is 2.33. The topological polar surface area (TPSA) is 63.3 Å². The average molecular weight is 195 g/mol. The Balaban J connectivity index is 3.01. The minimum atomic E-state index is -0.904. The standard InChI is InChI=1S/C11H17NO2/c1-3-8-5-6-11(4-2,10(13)14)9(12)7-8/h5-7,9H,3-4,12H2,1-2H3,(H,13,14). The van der Waals surface area contributed by atoms with E-state index < -0.39 is 17.4 Å². The Hall–Kier alpha value is -1.09. The van der Waals surface area contributed by atoms with E-state index >= 15 is 0 Å². The summed E-state index contributed by atoms with van der Waals surface area (Å²) < 4.78 is 0. The van der Waals surface area contributed by atoms with E-state index in [-0.39, 0.29) is 0 Å². The van der Waals surface area contributed by atoms with E-state index in [4.69, 9.17) is 10.8 Å². The van der Waals surface area contributed by atoms with Gasteiger partial charge in [-0.05, 0) is 12.8 Å². The minimum absolute atomic E-state index is 0.412. The Morgan fingerprint density at radius 1 is 1.64 bits per heavy atom. The third-order valence-electron chi connectivity index (χ3n) is 2.97. The van der Waals surface area contributed by atoms with E-state index in [2.05, 4.69) is 0 Å². The van der Waals surface area contributed by atoms with E-state index in [1.54, 1.807) is 6.08 Å². The van der Waals surface area contributed by atoms with E-state index in [9.17, 15) is 4.79 Å². The summed E-state index contributed by atoms with van der Waals surface area (Å²) in [5.74, 6) is -0.838. The van der Waals surface area contributed by atoms with E-state index in [1.807, 2.05) is 26.0 Å². The molecule has 3 nitrogen and oxygen atoms in total. The molecule has 0 saturated heterocycles. The van der Waals surface area contributed by atoms with Gasteiger partial charge in [-0.1, -0.05) is 37.6 Å². The van der Waals surface area contributed by atoms with Crippen LogP contribution in [-0.4, -0.2) is 17.1 Å². The Morgan fingerprint density at radius 2 is 2.29 bits per heavy atom. The lowest BCUT2D eigenvalue weighted by Crippen LogP contribution is -2.46. The fourth-order valence-corrected chi connectivity index (χ4v) is 1.76. The number of carboxylic acid groups (broad SMARTS) is 1. The van der Waals surface area contributed by atoms with Gasteiger partial charge in [-0.25, -0.2) is 0 Å². The molecule has 0 fully saturated rings. The summed E-state index contributed by atoms with van der Waals surface area (Å²) in [5, 5.41) is 9.16. The summed E-state index contributed by atoms with van der Waals surface area (Å²) in [6, 6.07) is -0.412. The van der Waals surface area contributed by atoms with Crippen LogP contribution < -0.4 is 5.73 Å². The SMILES string of the molecule is CCC1=CC(N)C(CC)(C(=O)O)C=C1. The number of carboxylic acids is 1. The molecule has 1 aliphatic rings. The molecule has 3 N–H and O–H groups in total. The van der Waals surface area contributed by atoms with Crippen molar-refractivity contribution < 1.29 is 9.90 Å². The first-order valence-electron chi connectivity index (χ1n) is 4.95. The number of aliphatic carboxylic acids is 1. The number of hydrogen-bond acceptors (Lipinski definition) is 2. The van der Waals surface area contributed by atoms with E-state index in [0.29, 0.717) is 6.42 Å². The smallest absolute Gasteiger partial charge is 0.315 e. The maximum Gasteiger partial charge on any atom is 0.315 e. The summed E-state index contributed by atoms with van der Waals surface area (Å²) in [6.07, 6.45) is 6.88. The third kappa shape index (κ3) is 1.60. The van der Waals surface area contributed by atoms with Crippen molar-refractivity contribution >= 4 is 5.97 Å². The van der Waals surface area contributed by atoms with Crippen molar-refractivity contribution in [1.82, 2.24) is 0 Å². The molecular weight excluding hydrogens is 178 g/mol. The zero-order chi connectivity index (χ0) is 10.8. The van der Waals surface area contributed by atoms with Crippen LogP contribution in [0.15, 0.2) is 23.8 Å². The molecule has 0 saturated carbocycles. The van der Waals surface area contributed by atoms with Gasteiger partial charge < -0.3 is 10.8 Å². The van der Waals surface area contributed by atoms with Gasteiger partial charge in [-0.3, -0.25) is 4.79 Å². The average Bonchev–Trinajstić information content (AvgIpc) is 2.17. The molecule has 1 rings (SSSR count). The van der Waals surface area contributed by atoms with Gasteiger partial charge >= 0.3 is 5.97 Å². The van der Waals surface area contributed by atoms with Crippen LogP contribution in [0.4, 0.5) is 0 Å². The first-order valence-corrected chi connectivity index (χ1v) is 4.95. The van der Waals surface area contributed by atoms with Crippen LogP contribution in [0.25, 0.3) is 0 Å². The molecule has 0 radical (unpaired) electrons. The van der Waals surface area contributed by atoms with Gasteiger partial charge in [0.2, 0.25) is 0 Å². The maximum absolute atomic E-state index is 11.2. The molecular formula is C11H17NO2. The fourth-order valence-electron chi connectivity index (χ4n) is 1.76. The quantitative estimate of drug-likeness (QED) is 0.720. The van der Waals surface area contributed by atoms with Crippen LogP contribution in [0, 0.1) is 5.41 Å². The predicted octanol–water partition coefficient (Wildman–Crippen LogP) is 1.70. The number of allylic oxidation sites excluding steroid dienone is 2. The number of nitrogens with two attached hydrogens (primary N) is 1. The second-order valence-corrected chi connectivity index (χ2v) is 3.65. The zero-order valence-corrected chi connectivity index (χ0v) is 8.66. The van der Waals surface area contributed by atoms with E-state index in [1.165, 1.54) is 0 Å². The van der Waals surface area contributed by atoms with Crippen molar-refractivity contribution in [2.45, 2.75) is 32.7 Å². The molecule has 0 aromatic heterocycles. The van der Waals surface area contributed by atoms with Crippen molar-refractivity contribution in [3.63, 3.8) is 0 Å². The van der Waals surface area contributed by atoms with Crippen LogP contribution in [0.3, 0.4) is 0 Å². The highest BCUT2D eigenvalue weighted by atomic mass is 16.4. The Kier molecular flexibility index (Phi) is 3.11. The minimum Gasteiger partial charge on any atom is -0.481 e. The Bertz CT molecular complexity index is 294. The van der Waals surface area contributed by atoms with Gasteiger partial charge in [0.1, 0.15) is 5.41 Å². The third-order valence-corrected chi connectivity index (χ3v) is 2.97. The second kappa shape index (κ2) is 3.96. The number of hydrogen-bond donors (Lipinski definition) is 2. The largest absolute Gasteiger partial charge is 0.481 e. The maximum atomic E-state index is 11.2. The van der Waals surface area contributed by atoms with Crippen molar-refractivity contribution in [3.8, 4) is 0 Å². The molecule has 1 aliphatic carbocycles. The van der Waals surface area contributed by atoms with Crippen molar-refractivity contribution in [2.75, 3.05) is 0 Å². The molecule has 0 bridgehead atoms. The summed E-state index contributed by atoms with van der Waals surface area (Å²) in [4.78, 5) is 11.2. The van der Waals surface area contributed by atoms with Gasteiger partial charge in [0.15, 0.2) is 0 Å². The second-order valence-electron chi connectivity index (χ2n) is 3.65. The van der Waals surface area contributed by atoms with Crippen LogP contribution in [-0.2, 0) is 4.79 Å². The first-order chi connectivity index (χ1) is 6.56. The van der Waals surface area contributed by atoms with Gasteiger partial charge in [-0.15, -0.1) is 0 Å². The summed E-state index contributed by atoms with van der Waals surface area (Å²) in [5.41, 5.74) is 6.09. The summed E-state index contributed by atoms with van der Waals surface area (Å²) in [6.45, 7) is 3.88. The van der Waals surface area contributed by atoms with Gasteiger partial charge in [0, 0.05) is 6.04 Å². The molecule has 14 heavy (non-hydrogen) atoms. The van der Waals surface area contributed by atoms with Gasteiger partial charge in [0.05, 0.1) is 0 Å². The summed E-state index contributed by atoms with van der Waals surface area (Å²) in [7, 11) is 0. The lowest BCUT2D eigenvalue weighted by atomic mass is 9.74. The molecule has 2 atom stereocenters. The molecule has 2 unspecified atom stereocenters. The van der Waals surface area contributed by atoms with E-state index in [0.717, 1.165) is 12.0 Å². The Morgan fingerprint density at radius 3 is 2.64 bits per heavy atom. The van der Waals surface area contributed by atoms with Crippen molar-refractivity contribution in [1.29, 1.82) is 0 Å². The first kappa shape index (κ1) is 11.0. The normalized spacial score (nSPS) is 31.4. The van der Waals surface area contributed by atoms with Crippen LogP contribution in [0.5, 0.6) is 0 Å². The van der Waals surface area contributed by atoms with Crippen LogP contribution in [0.2, 0.25) is 0 Å². The molecule has 0 amide bonds. The highest BCUT2D eigenvalue weighted by molar-refractivity contribution is 5.79. The molecule has 0 heterocycles. The summed E-state index contributed by atoms with van der Waals surface area (Å²) >= 11 is 0. The lowest BCUT2D eigenvalue weighted by Gasteiger charge is -2.32. The molecule has 3 heteroatoms. The lowest BCUT2D eigenvalue weighted by molar-refractivity contribution is -0.146.